The molecule has 0 radical (unpaired) electrons. The van der Waals surface area contributed by atoms with Crippen LogP contribution in [0.4, 0.5) is 0 Å². The number of carbonyl (C=O) groups is 2. The summed E-state index contributed by atoms with van der Waals surface area (Å²) >= 11 is 0. The van der Waals surface area contributed by atoms with Gasteiger partial charge >= 0.3 is 0 Å². The van der Waals surface area contributed by atoms with Crippen molar-refractivity contribution in [2.45, 2.75) is 51.1 Å². The summed E-state index contributed by atoms with van der Waals surface area (Å²) < 4.78 is 5.52. The molecule has 0 aromatic carbocycles. The van der Waals surface area contributed by atoms with E-state index in [0.717, 1.165) is 19.4 Å². The van der Waals surface area contributed by atoms with E-state index in [0.29, 0.717) is 19.6 Å². The number of nitrogens with zero attached hydrogens (tertiary/aromatic N) is 1. The van der Waals surface area contributed by atoms with Crippen LogP contribution in [-0.4, -0.2) is 47.6 Å². The van der Waals surface area contributed by atoms with Crippen LogP contribution in [0.1, 0.15) is 40.0 Å². The number of carbonyl (C=O) groups excluding carboxylic acids is 2. The smallest absolute Gasteiger partial charge is 0.248 e. The van der Waals surface area contributed by atoms with Gasteiger partial charge in [0.2, 0.25) is 11.8 Å². The highest BCUT2D eigenvalue weighted by Gasteiger charge is 2.44. The molecule has 2 aliphatic heterocycles. The second kappa shape index (κ2) is 4.53. The third-order valence-electron chi connectivity index (χ3n) is 3.86. The Balaban J connectivity index is 2.25. The Hall–Kier alpha value is -1.10. The fraction of sp³-hybridized carbons (Fsp3) is 0.846. The van der Waals surface area contributed by atoms with Gasteiger partial charge in [-0.1, -0.05) is 0 Å². The van der Waals surface area contributed by atoms with E-state index in [9.17, 15) is 9.59 Å². The van der Waals surface area contributed by atoms with E-state index in [2.05, 4.69) is 12.2 Å². The Labute approximate surface area is 108 Å². The fourth-order valence-electron chi connectivity index (χ4n) is 2.76. The lowest BCUT2D eigenvalue weighted by atomic mass is 9.90. The monoisotopic (exact) mass is 254 g/mol. The molecule has 0 bridgehead atoms. The summed E-state index contributed by atoms with van der Waals surface area (Å²) in [7, 11) is 0. The van der Waals surface area contributed by atoms with Gasteiger partial charge in [0, 0.05) is 19.6 Å². The molecule has 102 valence electrons. The van der Waals surface area contributed by atoms with E-state index < -0.39 is 5.54 Å². The van der Waals surface area contributed by atoms with Gasteiger partial charge in [-0.15, -0.1) is 0 Å². The van der Waals surface area contributed by atoms with Crippen LogP contribution < -0.4 is 5.32 Å². The van der Waals surface area contributed by atoms with E-state index in [4.69, 9.17) is 4.74 Å². The van der Waals surface area contributed by atoms with Crippen molar-refractivity contribution in [3.05, 3.63) is 0 Å². The summed E-state index contributed by atoms with van der Waals surface area (Å²) in [4.78, 5) is 26.1. The first-order valence-electron chi connectivity index (χ1n) is 6.56. The first-order chi connectivity index (χ1) is 8.35. The van der Waals surface area contributed by atoms with E-state index in [-0.39, 0.29) is 17.4 Å². The Kier molecular flexibility index (Phi) is 3.36. The molecule has 0 saturated carbocycles. The maximum atomic E-state index is 12.6. The lowest BCUT2D eigenvalue weighted by Gasteiger charge is -2.45. The molecule has 2 saturated heterocycles. The van der Waals surface area contributed by atoms with Crippen molar-refractivity contribution in [1.82, 2.24) is 10.2 Å². The van der Waals surface area contributed by atoms with Crippen LogP contribution in [-0.2, 0) is 14.3 Å². The molecule has 2 fully saturated rings. The fourth-order valence-corrected chi connectivity index (χ4v) is 2.76. The average Bonchev–Trinajstić information content (AvgIpc) is 2.38. The molecule has 0 aliphatic carbocycles. The Bertz CT molecular complexity index is 359. The van der Waals surface area contributed by atoms with Crippen LogP contribution in [0, 0.1) is 0 Å². The zero-order chi connectivity index (χ0) is 13.4. The predicted octanol–water partition coefficient (Wildman–Crippen LogP) is 0.683. The average molecular weight is 254 g/mol. The predicted molar refractivity (Wildman–Crippen MR) is 67.0 cm³/mol. The Morgan fingerprint density at radius 1 is 1.28 bits per heavy atom. The van der Waals surface area contributed by atoms with E-state index in [1.54, 1.807) is 13.8 Å². The molecule has 5 nitrogen and oxygen atoms in total. The van der Waals surface area contributed by atoms with E-state index in [1.807, 2.05) is 4.90 Å². The van der Waals surface area contributed by atoms with Crippen molar-refractivity contribution in [3.63, 3.8) is 0 Å². The minimum Gasteiger partial charge on any atom is -0.379 e. The SMILES string of the molecule is CC1(C)NC(=O)CCN(C2(C)CCCOC2)C1=O. The lowest BCUT2D eigenvalue weighted by Crippen LogP contribution is -2.61. The molecule has 0 aromatic rings. The highest BCUT2D eigenvalue weighted by molar-refractivity contribution is 5.93. The van der Waals surface area contributed by atoms with Crippen molar-refractivity contribution in [3.8, 4) is 0 Å². The second-order valence-corrected chi connectivity index (χ2v) is 6.03. The molecule has 1 unspecified atom stereocenters. The van der Waals surface area contributed by atoms with Crippen LogP contribution in [0.5, 0.6) is 0 Å². The van der Waals surface area contributed by atoms with Crippen molar-refractivity contribution in [2.24, 2.45) is 0 Å². The van der Waals surface area contributed by atoms with Crippen LogP contribution in [0.2, 0.25) is 0 Å². The number of hydrogen-bond acceptors (Lipinski definition) is 3. The molecule has 18 heavy (non-hydrogen) atoms. The quantitative estimate of drug-likeness (QED) is 0.748. The van der Waals surface area contributed by atoms with Crippen LogP contribution in [0.3, 0.4) is 0 Å². The largest absolute Gasteiger partial charge is 0.379 e. The summed E-state index contributed by atoms with van der Waals surface area (Å²) in [6, 6.07) is 0. The van der Waals surface area contributed by atoms with Crippen LogP contribution in [0.25, 0.3) is 0 Å². The maximum Gasteiger partial charge on any atom is 0.248 e. The highest BCUT2D eigenvalue weighted by Crippen LogP contribution is 2.29. The zero-order valence-corrected chi connectivity index (χ0v) is 11.4. The van der Waals surface area contributed by atoms with Crippen LogP contribution in [0.15, 0.2) is 0 Å². The van der Waals surface area contributed by atoms with Crippen molar-refractivity contribution in [1.29, 1.82) is 0 Å². The standard InChI is InChI=1S/C13H22N2O3/c1-12(2)11(17)15(7-5-10(16)14-12)13(3)6-4-8-18-9-13/h4-9H2,1-3H3,(H,14,16). The number of rotatable bonds is 1. The Morgan fingerprint density at radius 2 is 2.00 bits per heavy atom. The van der Waals surface area contributed by atoms with Gasteiger partial charge in [0.1, 0.15) is 5.54 Å². The second-order valence-electron chi connectivity index (χ2n) is 6.03. The van der Waals surface area contributed by atoms with Gasteiger partial charge in [-0.25, -0.2) is 0 Å². The lowest BCUT2D eigenvalue weighted by molar-refractivity contribution is -0.148. The molecule has 2 rings (SSSR count). The molecule has 5 heteroatoms. The number of ether oxygens (including phenoxy) is 1. The molecule has 2 heterocycles. The summed E-state index contributed by atoms with van der Waals surface area (Å²) in [5, 5.41) is 2.78. The summed E-state index contributed by atoms with van der Waals surface area (Å²) in [6.07, 6.45) is 2.26. The molecular formula is C13H22N2O3. The molecule has 1 atom stereocenters. The molecule has 0 spiro atoms. The number of hydrogen-bond donors (Lipinski definition) is 1. The normalized spacial score (nSPS) is 32.9. The third-order valence-corrected chi connectivity index (χ3v) is 3.86. The van der Waals surface area contributed by atoms with Gasteiger partial charge < -0.3 is 15.0 Å². The summed E-state index contributed by atoms with van der Waals surface area (Å²) in [6.45, 7) is 7.38. The summed E-state index contributed by atoms with van der Waals surface area (Å²) in [5.41, 5.74) is -1.10. The van der Waals surface area contributed by atoms with Gasteiger partial charge in [-0.2, -0.15) is 0 Å². The van der Waals surface area contributed by atoms with Crippen molar-refractivity contribution in [2.75, 3.05) is 19.8 Å². The van der Waals surface area contributed by atoms with Crippen LogP contribution >= 0.6 is 0 Å². The molecule has 1 N–H and O–H groups in total. The molecule has 2 amide bonds. The number of amides is 2. The van der Waals surface area contributed by atoms with Gasteiger partial charge in [0.25, 0.3) is 0 Å². The van der Waals surface area contributed by atoms with Gasteiger partial charge in [-0.05, 0) is 33.6 Å². The summed E-state index contributed by atoms with van der Waals surface area (Å²) in [5.74, 6) is -0.0717. The molecule has 0 aromatic heterocycles. The molecule has 2 aliphatic rings. The van der Waals surface area contributed by atoms with Gasteiger partial charge in [0.15, 0.2) is 0 Å². The Morgan fingerprint density at radius 3 is 2.61 bits per heavy atom. The minimum atomic E-state index is -0.825. The van der Waals surface area contributed by atoms with Gasteiger partial charge in [0.05, 0.1) is 12.1 Å². The zero-order valence-electron chi connectivity index (χ0n) is 11.4. The first kappa shape index (κ1) is 13.3. The van der Waals surface area contributed by atoms with Gasteiger partial charge in [-0.3, -0.25) is 9.59 Å². The number of nitrogens with one attached hydrogen (secondary N) is 1. The minimum absolute atomic E-state index is 0.0126. The van der Waals surface area contributed by atoms with E-state index in [1.165, 1.54) is 0 Å². The van der Waals surface area contributed by atoms with Crippen molar-refractivity contribution < 1.29 is 14.3 Å². The maximum absolute atomic E-state index is 12.6. The topological polar surface area (TPSA) is 58.6 Å². The molecular weight excluding hydrogens is 232 g/mol. The first-order valence-corrected chi connectivity index (χ1v) is 6.56. The third kappa shape index (κ3) is 2.36. The van der Waals surface area contributed by atoms with Crippen molar-refractivity contribution >= 4 is 11.8 Å². The highest BCUT2D eigenvalue weighted by atomic mass is 16.5. The van der Waals surface area contributed by atoms with E-state index >= 15 is 0 Å².